The molecule has 0 bridgehead atoms. The highest BCUT2D eigenvalue weighted by atomic mass is 16.5. The van der Waals surface area contributed by atoms with Crippen molar-refractivity contribution in [3.8, 4) is 0 Å². The lowest BCUT2D eigenvalue weighted by Crippen LogP contribution is -2.43. The maximum atomic E-state index is 9.08. The third-order valence-electron chi connectivity index (χ3n) is 3.46. The minimum atomic E-state index is -0.508. The Balaban J connectivity index is 2.16. The van der Waals surface area contributed by atoms with Gasteiger partial charge in [-0.15, -0.1) is 0 Å². The Bertz CT molecular complexity index is 188. The summed E-state index contributed by atoms with van der Waals surface area (Å²) in [7, 11) is 0. The Hall–Kier alpha value is -0.120. The fourth-order valence-electron chi connectivity index (χ4n) is 2.43. The number of nitrogens with two attached hydrogens (primary N) is 1. The van der Waals surface area contributed by atoms with Crippen molar-refractivity contribution in [3.05, 3.63) is 0 Å². The molecule has 1 fully saturated rings. The first-order valence-electron chi connectivity index (χ1n) is 6.55. The molecule has 3 N–H and O–H groups in total. The number of ether oxygens (including phenoxy) is 1. The lowest BCUT2D eigenvalue weighted by molar-refractivity contribution is 0.00982. The van der Waals surface area contributed by atoms with E-state index in [4.69, 9.17) is 15.6 Å². The van der Waals surface area contributed by atoms with Crippen LogP contribution in [0.5, 0.6) is 0 Å². The minimum Gasteiger partial charge on any atom is -0.394 e. The molecule has 0 saturated heterocycles. The van der Waals surface area contributed by atoms with Gasteiger partial charge >= 0.3 is 0 Å². The molecule has 0 aliphatic heterocycles. The van der Waals surface area contributed by atoms with Crippen LogP contribution in [0.4, 0.5) is 0 Å². The minimum absolute atomic E-state index is 0.0180. The van der Waals surface area contributed by atoms with Crippen molar-refractivity contribution in [1.29, 1.82) is 0 Å². The van der Waals surface area contributed by atoms with E-state index < -0.39 is 5.54 Å². The van der Waals surface area contributed by atoms with E-state index in [0.717, 1.165) is 18.9 Å². The van der Waals surface area contributed by atoms with E-state index in [9.17, 15) is 0 Å². The van der Waals surface area contributed by atoms with E-state index in [2.05, 4.69) is 0 Å². The van der Waals surface area contributed by atoms with Crippen molar-refractivity contribution in [1.82, 2.24) is 0 Å². The zero-order chi connectivity index (χ0) is 12.0. The molecule has 1 rings (SSSR count). The molecule has 2 unspecified atom stereocenters. The van der Waals surface area contributed by atoms with Crippen LogP contribution in [0.2, 0.25) is 0 Å². The topological polar surface area (TPSA) is 55.5 Å². The molecule has 1 aliphatic rings. The summed E-state index contributed by atoms with van der Waals surface area (Å²) in [5.41, 5.74) is 5.39. The SMILES string of the molecule is CC(CC(C)(N)CO)OCC1CCCCC1. The summed E-state index contributed by atoms with van der Waals surface area (Å²) in [6.07, 6.45) is 7.58. The Morgan fingerprint density at radius 3 is 2.56 bits per heavy atom. The Morgan fingerprint density at radius 1 is 1.38 bits per heavy atom. The monoisotopic (exact) mass is 229 g/mol. The van der Waals surface area contributed by atoms with Crippen molar-refractivity contribution in [2.75, 3.05) is 13.2 Å². The first kappa shape index (κ1) is 13.9. The fourth-order valence-corrected chi connectivity index (χ4v) is 2.43. The first-order chi connectivity index (χ1) is 7.53. The van der Waals surface area contributed by atoms with Crippen LogP contribution >= 0.6 is 0 Å². The van der Waals surface area contributed by atoms with Gasteiger partial charge in [0.2, 0.25) is 0 Å². The van der Waals surface area contributed by atoms with Gasteiger partial charge in [0.15, 0.2) is 0 Å². The van der Waals surface area contributed by atoms with E-state index in [-0.39, 0.29) is 12.7 Å². The van der Waals surface area contributed by atoms with Gasteiger partial charge in [0.05, 0.1) is 12.7 Å². The second-order valence-corrected chi connectivity index (χ2v) is 5.66. The lowest BCUT2D eigenvalue weighted by atomic mass is 9.90. The summed E-state index contributed by atoms with van der Waals surface area (Å²) in [6, 6.07) is 0. The van der Waals surface area contributed by atoms with Crippen LogP contribution in [0.15, 0.2) is 0 Å². The highest BCUT2D eigenvalue weighted by Crippen LogP contribution is 2.24. The number of aliphatic hydroxyl groups is 1. The molecule has 3 heteroatoms. The van der Waals surface area contributed by atoms with Gasteiger partial charge in [0.1, 0.15) is 0 Å². The molecular weight excluding hydrogens is 202 g/mol. The largest absolute Gasteiger partial charge is 0.394 e. The third kappa shape index (κ3) is 5.28. The lowest BCUT2D eigenvalue weighted by Gasteiger charge is -2.28. The second kappa shape index (κ2) is 6.58. The van der Waals surface area contributed by atoms with E-state index in [1.165, 1.54) is 32.1 Å². The van der Waals surface area contributed by atoms with Gasteiger partial charge in [0.25, 0.3) is 0 Å². The van der Waals surface area contributed by atoms with Gasteiger partial charge in [-0.1, -0.05) is 19.3 Å². The zero-order valence-corrected chi connectivity index (χ0v) is 10.7. The van der Waals surface area contributed by atoms with E-state index in [1.807, 2.05) is 13.8 Å². The van der Waals surface area contributed by atoms with Gasteiger partial charge < -0.3 is 15.6 Å². The maximum Gasteiger partial charge on any atom is 0.0609 e. The summed E-state index contributed by atoms with van der Waals surface area (Å²) in [5, 5.41) is 9.08. The number of aliphatic hydroxyl groups excluding tert-OH is 1. The second-order valence-electron chi connectivity index (χ2n) is 5.66. The fraction of sp³-hybridized carbons (Fsp3) is 1.00. The molecule has 16 heavy (non-hydrogen) atoms. The van der Waals surface area contributed by atoms with Crippen LogP contribution in [0.1, 0.15) is 52.4 Å². The Kier molecular flexibility index (Phi) is 5.73. The first-order valence-corrected chi connectivity index (χ1v) is 6.55. The molecular formula is C13H27NO2. The van der Waals surface area contributed by atoms with Crippen LogP contribution in [0.3, 0.4) is 0 Å². The number of rotatable bonds is 6. The summed E-state index contributed by atoms with van der Waals surface area (Å²) >= 11 is 0. The molecule has 96 valence electrons. The van der Waals surface area contributed by atoms with E-state index >= 15 is 0 Å². The molecule has 0 aromatic rings. The highest BCUT2D eigenvalue weighted by molar-refractivity contribution is 4.80. The highest BCUT2D eigenvalue weighted by Gasteiger charge is 2.22. The molecule has 0 spiro atoms. The molecule has 2 atom stereocenters. The average molecular weight is 229 g/mol. The van der Waals surface area contributed by atoms with Crippen molar-refractivity contribution in [3.63, 3.8) is 0 Å². The van der Waals surface area contributed by atoms with Crippen molar-refractivity contribution < 1.29 is 9.84 Å². The summed E-state index contributed by atoms with van der Waals surface area (Å²) in [5.74, 6) is 0.745. The van der Waals surface area contributed by atoms with Gasteiger partial charge in [-0.25, -0.2) is 0 Å². The van der Waals surface area contributed by atoms with Crippen molar-refractivity contribution in [2.24, 2.45) is 11.7 Å². The van der Waals surface area contributed by atoms with Gasteiger partial charge in [0, 0.05) is 12.1 Å². The van der Waals surface area contributed by atoms with Crippen LogP contribution < -0.4 is 5.73 Å². The average Bonchev–Trinajstić information content (AvgIpc) is 2.27. The predicted molar refractivity (Wildman–Crippen MR) is 66.3 cm³/mol. The van der Waals surface area contributed by atoms with Crippen LogP contribution in [0.25, 0.3) is 0 Å². The molecule has 0 aromatic heterocycles. The van der Waals surface area contributed by atoms with Gasteiger partial charge in [-0.3, -0.25) is 0 Å². The standard InChI is InChI=1S/C13H27NO2/c1-11(8-13(2,14)10-15)16-9-12-6-4-3-5-7-12/h11-12,15H,3-10,14H2,1-2H3. The molecule has 0 aromatic carbocycles. The van der Waals surface area contributed by atoms with Crippen LogP contribution in [0, 0.1) is 5.92 Å². The molecule has 1 saturated carbocycles. The maximum absolute atomic E-state index is 9.08. The summed E-state index contributed by atoms with van der Waals surface area (Å²) < 4.78 is 5.83. The molecule has 0 radical (unpaired) electrons. The summed E-state index contributed by atoms with van der Waals surface area (Å²) in [4.78, 5) is 0. The van der Waals surface area contributed by atoms with Crippen molar-refractivity contribution >= 4 is 0 Å². The smallest absolute Gasteiger partial charge is 0.0609 e. The van der Waals surface area contributed by atoms with Gasteiger partial charge in [-0.05, 0) is 39.0 Å². The number of hydrogen-bond donors (Lipinski definition) is 2. The quantitative estimate of drug-likeness (QED) is 0.733. The molecule has 1 aliphatic carbocycles. The Morgan fingerprint density at radius 2 is 2.00 bits per heavy atom. The van der Waals surface area contributed by atoms with E-state index in [1.54, 1.807) is 0 Å². The predicted octanol–water partition coefficient (Wildman–Crippen LogP) is 2.07. The van der Waals surface area contributed by atoms with Crippen LogP contribution in [-0.4, -0.2) is 30.0 Å². The van der Waals surface area contributed by atoms with Gasteiger partial charge in [-0.2, -0.15) is 0 Å². The molecule has 3 nitrogen and oxygen atoms in total. The molecule has 0 heterocycles. The third-order valence-corrected chi connectivity index (χ3v) is 3.46. The van der Waals surface area contributed by atoms with E-state index in [0.29, 0.717) is 0 Å². The van der Waals surface area contributed by atoms with Crippen LogP contribution in [-0.2, 0) is 4.74 Å². The van der Waals surface area contributed by atoms with Crippen molar-refractivity contribution in [2.45, 2.75) is 64.0 Å². The number of hydrogen-bond acceptors (Lipinski definition) is 3. The zero-order valence-electron chi connectivity index (χ0n) is 10.7. The summed E-state index contributed by atoms with van der Waals surface area (Å²) in [6.45, 7) is 4.80. The Labute approximate surface area is 99.4 Å². The normalized spacial score (nSPS) is 24.0. The molecule has 0 amide bonds.